The lowest BCUT2D eigenvalue weighted by Crippen LogP contribution is -2.39. The van der Waals surface area contributed by atoms with E-state index >= 15 is 0 Å². The number of hydrogen-bond acceptors (Lipinski definition) is 6. The van der Waals surface area contributed by atoms with E-state index in [4.69, 9.17) is 4.74 Å². The van der Waals surface area contributed by atoms with E-state index in [0.29, 0.717) is 17.9 Å². The fraction of sp³-hybridized carbons (Fsp3) is 0.423. The Bertz CT molecular complexity index is 1150. The molecule has 0 bridgehead atoms. The van der Waals surface area contributed by atoms with Gasteiger partial charge in [0.1, 0.15) is 12.4 Å². The number of nitrogens with zero attached hydrogens (tertiary/aromatic N) is 5. The van der Waals surface area contributed by atoms with Gasteiger partial charge in [0.25, 0.3) is 0 Å². The van der Waals surface area contributed by atoms with E-state index in [2.05, 4.69) is 27.7 Å². The summed E-state index contributed by atoms with van der Waals surface area (Å²) >= 11 is 0. The number of esters is 1. The molecule has 8 nitrogen and oxygen atoms in total. The Balaban J connectivity index is 1.09. The van der Waals surface area contributed by atoms with Crippen LogP contribution in [0.5, 0.6) is 0 Å². The van der Waals surface area contributed by atoms with Crippen LogP contribution in [0.3, 0.4) is 0 Å². The lowest BCUT2D eigenvalue weighted by atomic mass is 9.89. The van der Waals surface area contributed by atoms with Crippen molar-refractivity contribution in [1.29, 1.82) is 0 Å². The van der Waals surface area contributed by atoms with Crippen molar-refractivity contribution in [2.75, 3.05) is 13.1 Å². The molecule has 34 heavy (non-hydrogen) atoms. The number of amides is 1. The van der Waals surface area contributed by atoms with Crippen LogP contribution in [0.25, 0.3) is 5.69 Å². The summed E-state index contributed by atoms with van der Waals surface area (Å²) in [5, 5.41) is 11.2. The first-order chi connectivity index (χ1) is 16.5. The second-order valence-corrected chi connectivity index (χ2v) is 9.37. The van der Waals surface area contributed by atoms with E-state index in [1.807, 2.05) is 42.2 Å². The summed E-state index contributed by atoms with van der Waals surface area (Å²) in [4.78, 5) is 26.8. The number of piperidine rings is 1. The molecule has 3 heterocycles. The summed E-state index contributed by atoms with van der Waals surface area (Å²) in [5.41, 5.74) is 4.96. The SMILES string of the molecule is CC1Cc2cc(CCC3CCN(C(=O)Cc4ccc(-n5cnnn5)cc4)CC3)ccc2C(=O)O1. The van der Waals surface area contributed by atoms with Gasteiger partial charge in [-0.2, -0.15) is 0 Å². The molecule has 0 N–H and O–H groups in total. The number of tetrazole rings is 1. The zero-order valence-corrected chi connectivity index (χ0v) is 19.4. The van der Waals surface area contributed by atoms with Crippen LogP contribution in [0.2, 0.25) is 0 Å². The Morgan fingerprint density at radius 2 is 1.85 bits per heavy atom. The lowest BCUT2D eigenvalue weighted by molar-refractivity contribution is -0.131. The summed E-state index contributed by atoms with van der Waals surface area (Å²) in [6.45, 7) is 3.58. The molecule has 1 amide bonds. The molecule has 0 aliphatic carbocycles. The fourth-order valence-corrected chi connectivity index (χ4v) is 4.94. The Morgan fingerprint density at radius 3 is 2.59 bits per heavy atom. The normalized spacial score (nSPS) is 18.4. The third kappa shape index (κ3) is 5.00. The zero-order chi connectivity index (χ0) is 23.5. The molecule has 0 radical (unpaired) electrons. The van der Waals surface area contributed by atoms with Gasteiger partial charge in [0.2, 0.25) is 5.91 Å². The van der Waals surface area contributed by atoms with Crippen molar-refractivity contribution in [2.24, 2.45) is 5.92 Å². The molecule has 2 aliphatic heterocycles. The number of fused-ring (bicyclic) bond motifs is 1. The maximum atomic E-state index is 12.8. The predicted octanol–water partition coefficient (Wildman–Crippen LogP) is 3.18. The predicted molar refractivity (Wildman–Crippen MR) is 126 cm³/mol. The number of benzene rings is 2. The number of cyclic esters (lactones) is 1. The fourth-order valence-electron chi connectivity index (χ4n) is 4.94. The Labute approximate surface area is 198 Å². The van der Waals surface area contributed by atoms with Gasteiger partial charge in [-0.15, -0.1) is 5.10 Å². The third-order valence-electron chi connectivity index (χ3n) is 6.92. The molecule has 0 spiro atoms. The van der Waals surface area contributed by atoms with Crippen LogP contribution in [-0.4, -0.2) is 56.2 Å². The van der Waals surface area contributed by atoms with Gasteiger partial charge >= 0.3 is 5.97 Å². The number of carbonyl (C=O) groups excluding carboxylic acids is 2. The highest BCUT2D eigenvalue weighted by Gasteiger charge is 2.25. The van der Waals surface area contributed by atoms with Crippen molar-refractivity contribution in [3.8, 4) is 5.69 Å². The molecule has 2 aromatic carbocycles. The maximum Gasteiger partial charge on any atom is 0.338 e. The molecule has 8 heteroatoms. The second-order valence-electron chi connectivity index (χ2n) is 9.37. The Kier molecular flexibility index (Phi) is 6.38. The van der Waals surface area contributed by atoms with Crippen molar-refractivity contribution < 1.29 is 14.3 Å². The van der Waals surface area contributed by atoms with Gasteiger partial charge in [0.15, 0.2) is 0 Å². The molecule has 176 valence electrons. The molecular weight excluding hydrogens is 430 g/mol. The minimum atomic E-state index is -0.208. The van der Waals surface area contributed by atoms with Crippen molar-refractivity contribution in [1.82, 2.24) is 25.1 Å². The quantitative estimate of drug-likeness (QED) is 0.526. The van der Waals surface area contributed by atoms with Crippen LogP contribution < -0.4 is 0 Å². The molecule has 1 saturated heterocycles. The number of likely N-dealkylation sites (tertiary alicyclic amines) is 1. The number of aryl methyl sites for hydroxylation is 1. The monoisotopic (exact) mass is 459 g/mol. The van der Waals surface area contributed by atoms with E-state index in [1.165, 1.54) is 5.56 Å². The van der Waals surface area contributed by atoms with E-state index in [-0.39, 0.29) is 18.0 Å². The number of rotatable bonds is 6. The van der Waals surface area contributed by atoms with Gasteiger partial charge in [-0.3, -0.25) is 4.79 Å². The average Bonchev–Trinajstić information content (AvgIpc) is 3.38. The lowest BCUT2D eigenvalue weighted by Gasteiger charge is -2.32. The highest BCUT2D eigenvalue weighted by molar-refractivity contribution is 5.92. The summed E-state index contributed by atoms with van der Waals surface area (Å²) in [7, 11) is 0. The summed E-state index contributed by atoms with van der Waals surface area (Å²) in [5.74, 6) is 0.602. The standard InChI is InChI=1S/C26H29N5O3/c1-18-14-22-15-20(6-9-24(22)26(33)34-18)3-2-19-10-12-30(13-11-19)25(32)16-21-4-7-23(8-5-21)31-17-27-28-29-31/h4-9,15,17-19H,2-3,10-14,16H2,1H3. The number of hydrogen-bond donors (Lipinski definition) is 0. The van der Waals surface area contributed by atoms with Crippen molar-refractivity contribution >= 4 is 11.9 Å². The van der Waals surface area contributed by atoms with Gasteiger partial charge < -0.3 is 9.64 Å². The second kappa shape index (κ2) is 9.75. The smallest absolute Gasteiger partial charge is 0.338 e. The minimum absolute atomic E-state index is 0.0546. The first-order valence-electron chi connectivity index (χ1n) is 12.0. The van der Waals surface area contributed by atoms with Crippen LogP contribution in [0.15, 0.2) is 48.8 Å². The van der Waals surface area contributed by atoms with Crippen molar-refractivity contribution in [2.45, 2.75) is 51.6 Å². The molecule has 3 aromatic rings. The molecule has 1 unspecified atom stereocenters. The van der Waals surface area contributed by atoms with Crippen LogP contribution >= 0.6 is 0 Å². The summed E-state index contributed by atoms with van der Waals surface area (Å²) in [6, 6.07) is 13.9. The Morgan fingerprint density at radius 1 is 1.09 bits per heavy atom. The van der Waals surface area contributed by atoms with Crippen molar-refractivity contribution in [3.05, 3.63) is 71.0 Å². The number of ether oxygens (including phenoxy) is 1. The molecule has 5 rings (SSSR count). The zero-order valence-electron chi connectivity index (χ0n) is 19.4. The third-order valence-corrected chi connectivity index (χ3v) is 6.92. The van der Waals surface area contributed by atoms with E-state index < -0.39 is 0 Å². The molecule has 2 aliphatic rings. The van der Waals surface area contributed by atoms with Crippen LogP contribution in [0, 0.1) is 5.92 Å². The molecule has 1 atom stereocenters. The minimum Gasteiger partial charge on any atom is -0.459 e. The van der Waals surface area contributed by atoms with Gasteiger partial charge in [0, 0.05) is 19.5 Å². The topological polar surface area (TPSA) is 90.2 Å². The van der Waals surface area contributed by atoms with Crippen LogP contribution in [0.4, 0.5) is 0 Å². The molecule has 1 aromatic heterocycles. The van der Waals surface area contributed by atoms with Crippen LogP contribution in [-0.2, 0) is 28.8 Å². The van der Waals surface area contributed by atoms with Gasteiger partial charge in [0.05, 0.1) is 17.7 Å². The van der Waals surface area contributed by atoms with Crippen molar-refractivity contribution in [3.63, 3.8) is 0 Å². The molecule has 1 fully saturated rings. The summed E-state index contributed by atoms with van der Waals surface area (Å²) in [6.07, 6.45) is 6.89. The first-order valence-corrected chi connectivity index (χ1v) is 12.0. The molecular formula is C26H29N5O3. The average molecular weight is 460 g/mol. The first kappa shape index (κ1) is 22.3. The number of carbonyl (C=O) groups is 2. The van der Waals surface area contributed by atoms with Crippen LogP contribution in [0.1, 0.15) is 53.2 Å². The van der Waals surface area contributed by atoms with Gasteiger partial charge in [-0.1, -0.05) is 24.3 Å². The van der Waals surface area contributed by atoms with E-state index in [9.17, 15) is 9.59 Å². The molecule has 0 saturated carbocycles. The maximum absolute atomic E-state index is 12.8. The summed E-state index contributed by atoms with van der Waals surface area (Å²) < 4.78 is 6.91. The van der Waals surface area contributed by atoms with E-state index in [0.717, 1.165) is 62.0 Å². The van der Waals surface area contributed by atoms with Gasteiger partial charge in [-0.25, -0.2) is 9.48 Å². The largest absolute Gasteiger partial charge is 0.459 e. The van der Waals surface area contributed by atoms with E-state index in [1.54, 1.807) is 11.0 Å². The highest BCUT2D eigenvalue weighted by atomic mass is 16.5. The number of aromatic nitrogens is 4. The van der Waals surface area contributed by atoms with Gasteiger partial charge in [-0.05, 0) is 83.8 Å². The highest BCUT2D eigenvalue weighted by Crippen LogP contribution is 2.26. The Hall–Kier alpha value is -3.55.